The first-order valence-corrected chi connectivity index (χ1v) is 11.2. The van der Waals surface area contributed by atoms with Crippen molar-refractivity contribution in [1.82, 2.24) is 30.2 Å². The predicted molar refractivity (Wildman–Crippen MR) is 122 cm³/mol. The van der Waals surface area contributed by atoms with Gasteiger partial charge in [-0.3, -0.25) is 14.7 Å². The van der Waals surface area contributed by atoms with Crippen LogP contribution in [0.1, 0.15) is 30.5 Å². The molecule has 164 valence electrons. The monoisotopic (exact) mass is 429 g/mol. The standard InChI is InChI=1S/C24H27N7O/c32-23-19-5-3-11-31(15-19)14-17-4-1-6-21(12-17)29-24-28-16-27-22(30-24)18-8-10-25-20(13-18)7-2-9-26-23/h1,4,6,8,10,12-13,16,19H,2-3,5,7,9,11,14-15H2,(H,26,32)(H,27,28,29,30). The lowest BCUT2D eigenvalue weighted by Gasteiger charge is -2.32. The van der Waals surface area contributed by atoms with Gasteiger partial charge in [0.2, 0.25) is 11.9 Å². The Bertz CT molecular complexity index is 1100. The van der Waals surface area contributed by atoms with Crippen LogP contribution in [-0.2, 0) is 17.8 Å². The van der Waals surface area contributed by atoms with Gasteiger partial charge in [0.15, 0.2) is 5.82 Å². The molecular formula is C24H27N7O. The minimum Gasteiger partial charge on any atom is -0.356 e. The Balaban J connectivity index is 1.45. The van der Waals surface area contributed by atoms with Crippen LogP contribution in [0.15, 0.2) is 48.9 Å². The molecule has 1 saturated heterocycles. The molecule has 2 N–H and O–H groups in total. The van der Waals surface area contributed by atoms with Crippen LogP contribution in [-0.4, -0.2) is 50.4 Å². The third-order valence-corrected chi connectivity index (χ3v) is 6.02. The molecule has 2 atom stereocenters. The summed E-state index contributed by atoms with van der Waals surface area (Å²) in [6, 6.07) is 12.2. The number of pyridine rings is 1. The average Bonchev–Trinajstić information content (AvgIpc) is 2.82. The van der Waals surface area contributed by atoms with Crippen LogP contribution >= 0.6 is 0 Å². The number of anilines is 2. The third-order valence-electron chi connectivity index (χ3n) is 6.02. The summed E-state index contributed by atoms with van der Waals surface area (Å²) in [6.45, 7) is 3.28. The number of nitrogens with one attached hydrogen (secondary N) is 2. The maximum absolute atomic E-state index is 12.7. The van der Waals surface area contributed by atoms with Crippen LogP contribution in [0.3, 0.4) is 0 Å². The normalized spacial score (nSPS) is 21.3. The van der Waals surface area contributed by atoms with Crippen molar-refractivity contribution in [3.63, 3.8) is 0 Å². The lowest BCUT2D eigenvalue weighted by atomic mass is 9.96. The number of benzene rings is 1. The molecule has 8 nitrogen and oxygen atoms in total. The number of hydrogen-bond donors (Lipinski definition) is 2. The second-order valence-corrected chi connectivity index (χ2v) is 8.46. The van der Waals surface area contributed by atoms with Gasteiger partial charge in [0, 0.05) is 42.8 Å². The molecule has 2 aliphatic heterocycles. The van der Waals surface area contributed by atoms with E-state index < -0.39 is 0 Å². The third kappa shape index (κ3) is 4.91. The molecule has 8 heteroatoms. The van der Waals surface area contributed by atoms with E-state index in [-0.39, 0.29) is 11.8 Å². The summed E-state index contributed by atoms with van der Waals surface area (Å²) in [5.41, 5.74) is 3.99. The summed E-state index contributed by atoms with van der Waals surface area (Å²) in [7, 11) is 0. The molecule has 1 amide bonds. The van der Waals surface area contributed by atoms with Crippen molar-refractivity contribution in [2.75, 3.05) is 25.0 Å². The molecule has 2 aromatic heterocycles. The smallest absolute Gasteiger partial charge is 0.230 e. The van der Waals surface area contributed by atoms with E-state index in [0.29, 0.717) is 18.3 Å². The first-order chi connectivity index (χ1) is 15.7. The molecular weight excluding hydrogens is 402 g/mol. The van der Waals surface area contributed by atoms with E-state index in [2.05, 4.69) is 47.6 Å². The zero-order valence-electron chi connectivity index (χ0n) is 18.0. The van der Waals surface area contributed by atoms with Crippen LogP contribution in [0.4, 0.5) is 11.6 Å². The summed E-state index contributed by atoms with van der Waals surface area (Å²) in [4.78, 5) is 32.8. The summed E-state index contributed by atoms with van der Waals surface area (Å²) in [6.07, 6.45) is 6.93. The van der Waals surface area contributed by atoms with Gasteiger partial charge in [-0.05, 0) is 62.1 Å². The summed E-state index contributed by atoms with van der Waals surface area (Å²) in [5.74, 6) is 1.33. The van der Waals surface area contributed by atoms with Crippen molar-refractivity contribution in [3.8, 4) is 11.4 Å². The van der Waals surface area contributed by atoms with Gasteiger partial charge in [-0.15, -0.1) is 0 Å². The fourth-order valence-corrected chi connectivity index (χ4v) is 4.42. The molecule has 2 unspecified atom stereocenters. The lowest BCUT2D eigenvalue weighted by molar-refractivity contribution is -0.126. The van der Waals surface area contributed by atoms with Crippen molar-refractivity contribution in [2.24, 2.45) is 5.92 Å². The highest BCUT2D eigenvalue weighted by Gasteiger charge is 2.25. The van der Waals surface area contributed by atoms with Crippen molar-refractivity contribution < 1.29 is 4.79 Å². The molecule has 1 fully saturated rings. The largest absolute Gasteiger partial charge is 0.356 e. The van der Waals surface area contributed by atoms with E-state index in [9.17, 15) is 4.79 Å². The minimum atomic E-state index is 0.0505. The molecule has 0 spiro atoms. The predicted octanol–water partition coefficient (Wildman–Crippen LogP) is 2.95. The number of fused-ring (bicyclic) bond motifs is 9. The van der Waals surface area contributed by atoms with E-state index in [0.717, 1.165) is 62.3 Å². The highest BCUT2D eigenvalue weighted by molar-refractivity contribution is 5.78. The number of carbonyl (C=O) groups excluding carboxylic acids is 1. The van der Waals surface area contributed by atoms with E-state index in [1.165, 1.54) is 11.9 Å². The summed E-state index contributed by atoms with van der Waals surface area (Å²) >= 11 is 0. The van der Waals surface area contributed by atoms with E-state index in [4.69, 9.17) is 0 Å². The summed E-state index contributed by atoms with van der Waals surface area (Å²) < 4.78 is 0. The van der Waals surface area contributed by atoms with Crippen LogP contribution < -0.4 is 10.6 Å². The van der Waals surface area contributed by atoms with Crippen molar-refractivity contribution in [2.45, 2.75) is 32.2 Å². The number of piperidine rings is 1. The van der Waals surface area contributed by atoms with Crippen LogP contribution in [0, 0.1) is 5.92 Å². The van der Waals surface area contributed by atoms with Gasteiger partial charge in [0.25, 0.3) is 0 Å². The molecule has 5 rings (SSSR count). The van der Waals surface area contributed by atoms with E-state index in [1.54, 1.807) is 6.20 Å². The van der Waals surface area contributed by atoms with Crippen LogP contribution in [0.2, 0.25) is 0 Å². The quantitative estimate of drug-likeness (QED) is 0.567. The number of nitrogens with zero attached hydrogens (tertiary/aromatic N) is 5. The Morgan fingerprint density at radius 2 is 2.03 bits per heavy atom. The first kappa shape index (κ1) is 20.5. The summed E-state index contributed by atoms with van der Waals surface area (Å²) in [5, 5.41) is 6.44. The van der Waals surface area contributed by atoms with Crippen LogP contribution in [0.25, 0.3) is 11.4 Å². The van der Waals surface area contributed by atoms with Gasteiger partial charge in [-0.1, -0.05) is 12.1 Å². The number of rotatable bonds is 0. The topological polar surface area (TPSA) is 95.9 Å². The highest BCUT2D eigenvalue weighted by Crippen LogP contribution is 2.22. The van der Waals surface area contributed by atoms with Crippen LogP contribution in [0.5, 0.6) is 0 Å². The van der Waals surface area contributed by atoms with Gasteiger partial charge >= 0.3 is 0 Å². The van der Waals surface area contributed by atoms with Crippen molar-refractivity contribution in [3.05, 3.63) is 60.2 Å². The fraction of sp³-hybridized carbons (Fsp3) is 0.375. The number of aryl methyl sites for hydroxylation is 1. The Hall–Kier alpha value is -3.39. The number of hydrogen-bond acceptors (Lipinski definition) is 7. The van der Waals surface area contributed by atoms with Gasteiger partial charge in [-0.25, -0.2) is 9.97 Å². The molecule has 4 heterocycles. The molecule has 3 aromatic rings. The highest BCUT2D eigenvalue weighted by atomic mass is 16.1. The van der Waals surface area contributed by atoms with Gasteiger partial charge in [0.1, 0.15) is 6.33 Å². The first-order valence-electron chi connectivity index (χ1n) is 11.2. The maximum atomic E-state index is 12.7. The SMILES string of the molecule is O=C1NCCCc2cc(ccn2)-c2ncnc(n2)Nc2cccc(c2)CN2CCCC1C2. The van der Waals surface area contributed by atoms with Gasteiger partial charge < -0.3 is 10.6 Å². The molecule has 0 saturated carbocycles. The second kappa shape index (κ2) is 9.40. The molecule has 0 radical (unpaired) electrons. The molecule has 0 aliphatic carbocycles. The zero-order chi connectivity index (χ0) is 21.8. The Morgan fingerprint density at radius 1 is 1.06 bits per heavy atom. The number of carbonyl (C=O) groups is 1. The maximum Gasteiger partial charge on any atom is 0.230 e. The Morgan fingerprint density at radius 3 is 3.00 bits per heavy atom. The average molecular weight is 430 g/mol. The fourth-order valence-electron chi connectivity index (χ4n) is 4.42. The molecule has 32 heavy (non-hydrogen) atoms. The van der Waals surface area contributed by atoms with Crippen molar-refractivity contribution in [1.29, 1.82) is 0 Å². The second-order valence-electron chi connectivity index (χ2n) is 8.46. The lowest BCUT2D eigenvalue weighted by Crippen LogP contribution is -2.42. The van der Waals surface area contributed by atoms with Gasteiger partial charge in [-0.2, -0.15) is 4.98 Å². The van der Waals surface area contributed by atoms with E-state index >= 15 is 0 Å². The zero-order valence-corrected chi connectivity index (χ0v) is 18.0. The van der Waals surface area contributed by atoms with Gasteiger partial charge in [0.05, 0.1) is 5.92 Å². The van der Waals surface area contributed by atoms with E-state index in [1.807, 2.05) is 24.3 Å². The number of amides is 1. The Labute approximate surface area is 187 Å². The Kier molecular flexibility index (Phi) is 6.02. The molecule has 2 aliphatic rings. The number of aromatic nitrogens is 4. The molecule has 8 bridgehead atoms. The van der Waals surface area contributed by atoms with Crippen molar-refractivity contribution >= 4 is 17.5 Å². The molecule has 1 aromatic carbocycles. The minimum absolute atomic E-state index is 0.0505.